The molecule has 1 atom stereocenters. The molecular weight excluding hydrogens is 804 g/mol. The molecule has 7 rings (SSSR count). The van der Waals surface area contributed by atoms with Gasteiger partial charge in [-0.3, -0.25) is 4.79 Å². The maximum atomic E-state index is 15.5. The molecule has 0 aromatic heterocycles. The first-order valence-electron chi connectivity index (χ1n) is 19.8. The maximum Gasteiger partial charge on any atom is 0.338 e. The minimum atomic E-state index is -5.69. The fourth-order valence-corrected chi connectivity index (χ4v) is 9.78. The molecule has 314 valence electrons. The van der Waals surface area contributed by atoms with Crippen molar-refractivity contribution in [2.45, 2.75) is 87.7 Å². The molecule has 8 nitrogen and oxygen atoms in total. The Balaban J connectivity index is 1.31. The van der Waals surface area contributed by atoms with Crippen LogP contribution in [0, 0.1) is 29.1 Å². The standard InChI is InChI=1S/C46H43F5N2O6S/c47-38-39(48)41(50)43(42(51)40(38)49)60(56,57)53-27-11-10-26-46(53,59-30-33-14-6-2-7-15-33)45(55)52(28-31-18-20-35(21-19-31)34-16-8-3-9-17-34)37-24-22-36(23-25-37)44(54)58-29-32-12-4-1-5-13-32/h1-2,4-7,12-15,18-25,34H,3,8-11,16-17,26-30H2/t46-/m1/s1. The number of anilines is 1. The average Bonchev–Trinajstić information content (AvgIpc) is 3.29. The fraction of sp³-hybridized carbons (Fsp3) is 0.304. The molecule has 1 aliphatic heterocycles. The summed E-state index contributed by atoms with van der Waals surface area (Å²) in [7, 11) is -5.69. The first-order chi connectivity index (χ1) is 28.9. The second-order valence-electron chi connectivity index (χ2n) is 15.1. The highest BCUT2D eigenvalue weighted by molar-refractivity contribution is 7.89. The van der Waals surface area contributed by atoms with Gasteiger partial charge in [0.15, 0.2) is 28.2 Å². The van der Waals surface area contributed by atoms with E-state index in [-0.39, 0.29) is 50.3 Å². The largest absolute Gasteiger partial charge is 0.457 e. The number of ether oxygens (including phenoxy) is 2. The van der Waals surface area contributed by atoms with Crippen molar-refractivity contribution < 1.29 is 49.4 Å². The normalized spacial score (nSPS) is 17.6. The molecular formula is C46H43F5N2O6S. The van der Waals surface area contributed by atoms with E-state index in [4.69, 9.17) is 9.47 Å². The molecule has 0 spiro atoms. The molecule has 2 aliphatic rings. The molecule has 1 amide bonds. The van der Waals surface area contributed by atoms with Crippen LogP contribution in [0.4, 0.5) is 27.6 Å². The van der Waals surface area contributed by atoms with Gasteiger partial charge in [-0.05, 0) is 78.1 Å². The van der Waals surface area contributed by atoms with Crippen LogP contribution in [-0.2, 0) is 44.1 Å². The average molecular weight is 847 g/mol. The number of halogens is 5. The number of benzene rings is 5. The van der Waals surface area contributed by atoms with Gasteiger partial charge < -0.3 is 14.4 Å². The summed E-state index contributed by atoms with van der Waals surface area (Å²) in [5, 5.41) is 0. The zero-order valence-electron chi connectivity index (χ0n) is 32.6. The van der Waals surface area contributed by atoms with Crippen LogP contribution in [0.3, 0.4) is 0 Å². The van der Waals surface area contributed by atoms with Crippen LogP contribution in [-0.4, -0.2) is 36.9 Å². The molecule has 0 radical (unpaired) electrons. The molecule has 1 heterocycles. The van der Waals surface area contributed by atoms with Crippen molar-refractivity contribution in [3.63, 3.8) is 0 Å². The zero-order chi connectivity index (χ0) is 42.4. The molecule has 5 aromatic rings. The quantitative estimate of drug-likeness (QED) is 0.0507. The fourth-order valence-electron chi connectivity index (χ4n) is 7.95. The maximum absolute atomic E-state index is 15.5. The Kier molecular flexibility index (Phi) is 13.1. The van der Waals surface area contributed by atoms with E-state index in [9.17, 15) is 26.4 Å². The monoisotopic (exact) mass is 846 g/mol. The summed E-state index contributed by atoms with van der Waals surface area (Å²) in [6.07, 6.45) is 5.46. The van der Waals surface area contributed by atoms with Crippen LogP contribution in [0.2, 0.25) is 0 Å². The lowest BCUT2D eigenvalue weighted by Crippen LogP contribution is -2.64. The van der Waals surface area contributed by atoms with Gasteiger partial charge in [-0.25, -0.2) is 35.2 Å². The number of amides is 1. The van der Waals surface area contributed by atoms with E-state index in [2.05, 4.69) is 0 Å². The first kappa shape index (κ1) is 42.7. The summed E-state index contributed by atoms with van der Waals surface area (Å²) < 4.78 is 115. The van der Waals surface area contributed by atoms with Crippen molar-refractivity contribution in [3.05, 3.63) is 166 Å². The highest BCUT2D eigenvalue weighted by Gasteiger charge is 2.56. The highest BCUT2D eigenvalue weighted by atomic mass is 32.2. The van der Waals surface area contributed by atoms with Crippen molar-refractivity contribution in [3.8, 4) is 0 Å². The third-order valence-corrected chi connectivity index (χ3v) is 13.1. The number of hydrogen-bond acceptors (Lipinski definition) is 6. The van der Waals surface area contributed by atoms with Crippen molar-refractivity contribution in [1.82, 2.24) is 4.31 Å². The summed E-state index contributed by atoms with van der Waals surface area (Å²) in [5.41, 5.74) is 0.851. The minimum Gasteiger partial charge on any atom is -0.457 e. The lowest BCUT2D eigenvalue weighted by atomic mass is 9.84. The lowest BCUT2D eigenvalue weighted by molar-refractivity contribution is -0.174. The van der Waals surface area contributed by atoms with Crippen molar-refractivity contribution in [2.75, 3.05) is 11.4 Å². The molecule has 0 unspecified atom stereocenters. The Hall–Kier alpha value is -5.44. The van der Waals surface area contributed by atoms with Crippen molar-refractivity contribution >= 4 is 27.6 Å². The first-order valence-corrected chi connectivity index (χ1v) is 21.3. The Morgan fingerprint density at radius 1 is 0.650 bits per heavy atom. The number of carbonyl (C=O) groups is 2. The SMILES string of the molecule is O=C(OCc1ccccc1)c1ccc(N(Cc2ccc(C3CCCCC3)cc2)C(=O)[C@]2(OCc3ccccc3)CCCCN2S(=O)(=O)c2c(F)c(F)c(F)c(F)c2F)cc1. The smallest absolute Gasteiger partial charge is 0.338 e. The summed E-state index contributed by atoms with van der Waals surface area (Å²) >= 11 is 0. The van der Waals surface area contributed by atoms with E-state index in [1.54, 1.807) is 42.5 Å². The van der Waals surface area contributed by atoms with Gasteiger partial charge in [0.25, 0.3) is 15.9 Å². The van der Waals surface area contributed by atoms with Gasteiger partial charge in [-0.15, -0.1) is 0 Å². The van der Waals surface area contributed by atoms with Crippen LogP contribution < -0.4 is 4.90 Å². The third-order valence-electron chi connectivity index (χ3n) is 11.2. The van der Waals surface area contributed by atoms with Crippen LogP contribution in [0.5, 0.6) is 0 Å². The van der Waals surface area contributed by atoms with Crippen LogP contribution in [0.25, 0.3) is 0 Å². The lowest BCUT2D eigenvalue weighted by Gasteiger charge is -2.46. The van der Waals surface area contributed by atoms with Crippen molar-refractivity contribution in [1.29, 1.82) is 0 Å². The predicted octanol–water partition coefficient (Wildman–Crippen LogP) is 10.1. The van der Waals surface area contributed by atoms with E-state index in [0.717, 1.165) is 36.8 Å². The van der Waals surface area contributed by atoms with Gasteiger partial charge in [0.1, 0.15) is 6.61 Å². The molecule has 5 aromatic carbocycles. The van der Waals surface area contributed by atoms with E-state index < -0.39 is 68.2 Å². The van der Waals surface area contributed by atoms with E-state index in [0.29, 0.717) is 21.4 Å². The number of hydrogen-bond donors (Lipinski definition) is 0. The number of carbonyl (C=O) groups excluding carboxylic acids is 2. The number of nitrogens with zero attached hydrogens (tertiary/aromatic N) is 2. The van der Waals surface area contributed by atoms with Gasteiger partial charge in [0.05, 0.1) is 18.7 Å². The third kappa shape index (κ3) is 8.86. The molecule has 14 heteroatoms. The van der Waals surface area contributed by atoms with E-state index in [1.165, 1.54) is 35.6 Å². The Bertz CT molecular complexity index is 2390. The van der Waals surface area contributed by atoms with Gasteiger partial charge in [-0.2, -0.15) is 4.31 Å². The summed E-state index contributed by atoms with van der Waals surface area (Å²) in [4.78, 5) is 27.7. The zero-order valence-corrected chi connectivity index (χ0v) is 33.4. The Morgan fingerprint density at radius 3 is 1.82 bits per heavy atom. The van der Waals surface area contributed by atoms with Gasteiger partial charge in [0.2, 0.25) is 11.5 Å². The second kappa shape index (κ2) is 18.4. The summed E-state index contributed by atoms with van der Waals surface area (Å²) in [6, 6.07) is 31.0. The molecule has 0 N–H and O–H groups in total. The van der Waals surface area contributed by atoms with E-state index in [1.807, 2.05) is 42.5 Å². The van der Waals surface area contributed by atoms with Crippen molar-refractivity contribution in [2.24, 2.45) is 0 Å². The van der Waals surface area contributed by atoms with Crippen LogP contribution >= 0.6 is 0 Å². The molecule has 60 heavy (non-hydrogen) atoms. The summed E-state index contributed by atoms with van der Waals surface area (Å²) in [5.74, 6) is -13.8. The Morgan fingerprint density at radius 2 is 1.22 bits per heavy atom. The van der Waals surface area contributed by atoms with Crippen LogP contribution in [0.15, 0.2) is 114 Å². The highest BCUT2D eigenvalue weighted by Crippen LogP contribution is 2.41. The molecule has 1 saturated carbocycles. The van der Waals surface area contributed by atoms with E-state index >= 15 is 13.6 Å². The molecule has 1 aliphatic carbocycles. The van der Waals surface area contributed by atoms with Crippen LogP contribution in [0.1, 0.15) is 89.9 Å². The van der Waals surface area contributed by atoms with Gasteiger partial charge in [0, 0.05) is 18.7 Å². The molecule has 1 saturated heterocycles. The number of sulfonamides is 1. The number of esters is 1. The summed E-state index contributed by atoms with van der Waals surface area (Å²) in [6.45, 7) is -1.07. The number of rotatable bonds is 13. The topological polar surface area (TPSA) is 93.2 Å². The van der Waals surface area contributed by atoms with Gasteiger partial charge in [-0.1, -0.05) is 104 Å². The molecule has 0 bridgehead atoms. The number of piperidine rings is 1. The Labute approximate surface area is 345 Å². The minimum absolute atomic E-state index is 0.0114. The second-order valence-corrected chi connectivity index (χ2v) is 16.9. The predicted molar refractivity (Wildman–Crippen MR) is 213 cm³/mol. The molecule has 2 fully saturated rings. The van der Waals surface area contributed by atoms with Gasteiger partial charge >= 0.3 is 5.97 Å².